The first-order valence-electron chi connectivity index (χ1n) is 5.27. The van der Waals surface area contributed by atoms with Gasteiger partial charge < -0.3 is 5.11 Å². The van der Waals surface area contributed by atoms with Crippen LogP contribution in [0.3, 0.4) is 0 Å². The molecule has 0 saturated heterocycles. The number of allylic oxidation sites excluding steroid dienone is 1. The van der Waals surface area contributed by atoms with Crippen molar-refractivity contribution in [3.63, 3.8) is 0 Å². The summed E-state index contributed by atoms with van der Waals surface area (Å²) in [6, 6.07) is 7.90. The van der Waals surface area contributed by atoms with E-state index in [1.165, 1.54) is 0 Å². The molecule has 0 aromatic heterocycles. The van der Waals surface area contributed by atoms with Crippen molar-refractivity contribution in [2.75, 3.05) is 0 Å². The highest BCUT2D eigenvalue weighted by atomic mass is 35.5. The Morgan fingerprint density at radius 2 is 2.07 bits per heavy atom. The molecule has 1 aromatic rings. The highest BCUT2D eigenvalue weighted by molar-refractivity contribution is 6.31. The van der Waals surface area contributed by atoms with Crippen molar-refractivity contribution in [2.24, 2.45) is 0 Å². The van der Waals surface area contributed by atoms with Crippen molar-refractivity contribution in [1.29, 1.82) is 0 Å². The summed E-state index contributed by atoms with van der Waals surface area (Å²) in [6.07, 6.45) is 3.57. The molecule has 80 valence electrons. The lowest BCUT2D eigenvalue weighted by molar-refractivity contribution is 0.182. The minimum absolute atomic E-state index is 0.306. The summed E-state index contributed by atoms with van der Waals surface area (Å²) in [4.78, 5) is 0. The highest BCUT2D eigenvalue weighted by Crippen LogP contribution is 2.35. The van der Waals surface area contributed by atoms with Crippen molar-refractivity contribution < 1.29 is 5.11 Å². The van der Waals surface area contributed by atoms with E-state index in [0.717, 1.165) is 29.0 Å². The second-order valence-corrected chi connectivity index (χ2v) is 4.56. The molecular formula is C13H15ClO. The van der Waals surface area contributed by atoms with E-state index in [2.05, 4.69) is 6.08 Å². The third-order valence-corrected chi connectivity index (χ3v) is 3.45. The third-order valence-electron chi connectivity index (χ3n) is 3.10. The van der Waals surface area contributed by atoms with Gasteiger partial charge in [0.25, 0.3) is 0 Å². The fraction of sp³-hybridized carbons (Fsp3) is 0.385. The first kappa shape index (κ1) is 10.7. The van der Waals surface area contributed by atoms with E-state index in [1.807, 2.05) is 31.2 Å². The van der Waals surface area contributed by atoms with Crippen LogP contribution in [0, 0.1) is 0 Å². The number of aliphatic hydroxyl groups is 1. The lowest BCUT2D eigenvalue weighted by Crippen LogP contribution is -2.18. The van der Waals surface area contributed by atoms with Gasteiger partial charge in [0.05, 0.1) is 6.10 Å². The van der Waals surface area contributed by atoms with Crippen molar-refractivity contribution in [3.8, 4) is 0 Å². The number of rotatable bonds is 1. The Morgan fingerprint density at radius 1 is 1.33 bits per heavy atom. The lowest BCUT2D eigenvalue weighted by atomic mass is 9.83. The Labute approximate surface area is 95.4 Å². The molecule has 0 bridgehead atoms. The molecule has 1 aromatic carbocycles. The van der Waals surface area contributed by atoms with E-state index in [4.69, 9.17) is 11.6 Å². The molecule has 0 heterocycles. The van der Waals surface area contributed by atoms with Gasteiger partial charge in [0, 0.05) is 5.02 Å². The summed E-state index contributed by atoms with van der Waals surface area (Å²) >= 11 is 6.14. The predicted molar refractivity (Wildman–Crippen MR) is 63.2 cm³/mol. The molecule has 2 heteroatoms. The topological polar surface area (TPSA) is 20.2 Å². The smallest absolute Gasteiger partial charge is 0.0753 e. The zero-order valence-electron chi connectivity index (χ0n) is 8.78. The number of hydrogen-bond acceptors (Lipinski definition) is 1. The van der Waals surface area contributed by atoms with Crippen molar-refractivity contribution in [3.05, 3.63) is 46.5 Å². The van der Waals surface area contributed by atoms with Crippen LogP contribution < -0.4 is 0 Å². The first-order valence-corrected chi connectivity index (χ1v) is 5.65. The van der Waals surface area contributed by atoms with E-state index in [-0.39, 0.29) is 6.10 Å². The number of benzene rings is 1. The van der Waals surface area contributed by atoms with Gasteiger partial charge in [0.15, 0.2) is 0 Å². The van der Waals surface area contributed by atoms with Gasteiger partial charge in [-0.15, -0.1) is 0 Å². The molecule has 1 nitrogen and oxygen atoms in total. The Hall–Kier alpha value is -0.790. The van der Waals surface area contributed by atoms with Crippen LogP contribution in [-0.2, 0) is 0 Å². The van der Waals surface area contributed by atoms with Crippen molar-refractivity contribution in [1.82, 2.24) is 0 Å². The maximum absolute atomic E-state index is 9.79. The molecule has 0 saturated carbocycles. The van der Waals surface area contributed by atoms with Gasteiger partial charge in [-0.05, 0) is 42.9 Å². The average molecular weight is 223 g/mol. The van der Waals surface area contributed by atoms with Crippen LogP contribution >= 0.6 is 11.6 Å². The molecule has 0 radical (unpaired) electrons. The van der Waals surface area contributed by atoms with E-state index in [1.54, 1.807) is 0 Å². The summed E-state index contributed by atoms with van der Waals surface area (Å²) < 4.78 is 0. The van der Waals surface area contributed by atoms with Gasteiger partial charge in [-0.2, -0.15) is 0 Å². The van der Waals surface area contributed by atoms with Gasteiger partial charge in [0.1, 0.15) is 0 Å². The summed E-state index contributed by atoms with van der Waals surface area (Å²) in [6.45, 7) is 1.98. The Morgan fingerprint density at radius 3 is 2.73 bits per heavy atom. The maximum atomic E-state index is 9.79. The minimum atomic E-state index is -0.306. The molecule has 15 heavy (non-hydrogen) atoms. The number of halogens is 1. The van der Waals surface area contributed by atoms with Crippen molar-refractivity contribution >= 4 is 11.6 Å². The number of aliphatic hydroxyl groups excluding tert-OH is 1. The van der Waals surface area contributed by atoms with Crippen LogP contribution in [0.25, 0.3) is 0 Å². The summed E-state index contributed by atoms with van der Waals surface area (Å²) in [5.41, 5.74) is 2.24. The van der Waals surface area contributed by atoms with Crippen LogP contribution in [-0.4, -0.2) is 11.2 Å². The standard InChI is InChI=1S/C13H15ClO/c1-9-6-7-10(8-13(9)15)11-4-2-3-5-12(11)14/h2-6,10,13,15H,7-8H2,1H3. The van der Waals surface area contributed by atoms with E-state index < -0.39 is 0 Å². The van der Waals surface area contributed by atoms with Crippen LogP contribution in [0.4, 0.5) is 0 Å². The molecule has 1 N–H and O–H groups in total. The zero-order valence-corrected chi connectivity index (χ0v) is 9.54. The molecule has 1 aliphatic carbocycles. The minimum Gasteiger partial charge on any atom is -0.389 e. The number of hydrogen-bond donors (Lipinski definition) is 1. The molecule has 0 spiro atoms. The highest BCUT2D eigenvalue weighted by Gasteiger charge is 2.22. The van der Waals surface area contributed by atoms with Crippen LogP contribution in [0.5, 0.6) is 0 Å². The third kappa shape index (κ3) is 2.24. The first-order chi connectivity index (χ1) is 7.18. The monoisotopic (exact) mass is 222 g/mol. The van der Waals surface area contributed by atoms with Crippen LogP contribution in [0.1, 0.15) is 31.2 Å². The van der Waals surface area contributed by atoms with Crippen LogP contribution in [0.2, 0.25) is 5.02 Å². The lowest BCUT2D eigenvalue weighted by Gasteiger charge is -2.25. The van der Waals surface area contributed by atoms with Gasteiger partial charge in [0.2, 0.25) is 0 Å². The zero-order chi connectivity index (χ0) is 10.8. The van der Waals surface area contributed by atoms with Crippen molar-refractivity contribution in [2.45, 2.75) is 31.8 Å². The van der Waals surface area contributed by atoms with E-state index in [0.29, 0.717) is 5.92 Å². The molecule has 2 atom stereocenters. The van der Waals surface area contributed by atoms with E-state index >= 15 is 0 Å². The molecule has 2 unspecified atom stereocenters. The molecule has 0 fully saturated rings. The van der Waals surface area contributed by atoms with Gasteiger partial charge >= 0.3 is 0 Å². The molecule has 1 aliphatic rings. The Balaban J connectivity index is 2.24. The van der Waals surface area contributed by atoms with E-state index in [9.17, 15) is 5.11 Å². The van der Waals surface area contributed by atoms with Gasteiger partial charge in [-0.1, -0.05) is 35.9 Å². The summed E-state index contributed by atoms with van der Waals surface area (Å²) in [7, 11) is 0. The van der Waals surface area contributed by atoms with Gasteiger partial charge in [-0.25, -0.2) is 0 Å². The largest absolute Gasteiger partial charge is 0.389 e. The second kappa shape index (κ2) is 4.38. The summed E-state index contributed by atoms with van der Waals surface area (Å²) in [5, 5.41) is 10.6. The predicted octanol–water partition coefficient (Wildman–Crippen LogP) is 3.52. The molecule has 0 amide bonds. The fourth-order valence-corrected chi connectivity index (χ4v) is 2.37. The quantitative estimate of drug-likeness (QED) is 0.721. The molecular weight excluding hydrogens is 208 g/mol. The SMILES string of the molecule is CC1=CCC(c2ccccc2Cl)CC1O. The maximum Gasteiger partial charge on any atom is 0.0753 e. The fourth-order valence-electron chi connectivity index (χ4n) is 2.08. The van der Waals surface area contributed by atoms with Gasteiger partial charge in [-0.3, -0.25) is 0 Å². The summed E-state index contributed by atoms with van der Waals surface area (Å²) in [5.74, 6) is 0.359. The van der Waals surface area contributed by atoms with Crippen LogP contribution in [0.15, 0.2) is 35.9 Å². The Bertz CT molecular complexity index is 384. The Kier molecular flexibility index (Phi) is 3.13. The average Bonchev–Trinajstić information content (AvgIpc) is 2.23. The molecule has 2 rings (SSSR count). The second-order valence-electron chi connectivity index (χ2n) is 4.15. The molecule has 0 aliphatic heterocycles. The normalized spacial score (nSPS) is 26.2.